The number of likely N-dealkylation sites (tertiary alicyclic amines) is 1. The minimum absolute atomic E-state index is 0.0235. The number of methoxy groups -OCH3 is 1. The highest BCUT2D eigenvalue weighted by atomic mass is 16.5. The van der Waals surface area contributed by atoms with E-state index < -0.39 is 0 Å². The largest absolute Gasteiger partial charge is 0.497 e. The summed E-state index contributed by atoms with van der Waals surface area (Å²) in [4.78, 5) is 26.6. The summed E-state index contributed by atoms with van der Waals surface area (Å²) >= 11 is 0. The minimum atomic E-state index is -0.321. The summed E-state index contributed by atoms with van der Waals surface area (Å²) in [5, 5.41) is 0. The SMILES string of the molecule is CCN(CC)C(=O)c1cnc(C2(c3cccc(OC)c3)CCN(Cc3ccccc3)CC2)nc1. The topological polar surface area (TPSA) is 58.6 Å². The van der Waals surface area contributed by atoms with Crippen LogP contribution in [0.25, 0.3) is 0 Å². The summed E-state index contributed by atoms with van der Waals surface area (Å²) < 4.78 is 5.53. The molecule has 2 aromatic carbocycles. The number of hydrogen-bond donors (Lipinski definition) is 0. The van der Waals surface area contributed by atoms with Gasteiger partial charge in [-0.15, -0.1) is 0 Å². The van der Waals surface area contributed by atoms with Crippen molar-refractivity contribution in [3.05, 3.63) is 89.5 Å². The summed E-state index contributed by atoms with van der Waals surface area (Å²) in [5.41, 5.74) is 2.70. The van der Waals surface area contributed by atoms with Crippen molar-refractivity contribution in [2.45, 2.75) is 38.6 Å². The van der Waals surface area contributed by atoms with Crippen molar-refractivity contribution in [3.63, 3.8) is 0 Å². The second-order valence-electron chi connectivity index (χ2n) is 8.85. The average molecular weight is 459 g/mol. The summed E-state index contributed by atoms with van der Waals surface area (Å²) in [6.07, 6.45) is 5.19. The van der Waals surface area contributed by atoms with Crippen LogP contribution < -0.4 is 4.74 Å². The average Bonchev–Trinajstić information content (AvgIpc) is 2.90. The van der Waals surface area contributed by atoms with Gasteiger partial charge < -0.3 is 9.64 Å². The Hall–Kier alpha value is -3.25. The number of rotatable bonds is 8. The number of benzene rings is 2. The zero-order chi connectivity index (χ0) is 24.0. The molecule has 0 bridgehead atoms. The summed E-state index contributed by atoms with van der Waals surface area (Å²) in [6, 6.07) is 18.8. The highest BCUT2D eigenvalue weighted by molar-refractivity contribution is 5.93. The lowest BCUT2D eigenvalue weighted by atomic mass is 9.71. The van der Waals surface area contributed by atoms with Gasteiger partial charge in [0.05, 0.1) is 18.1 Å². The van der Waals surface area contributed by atoms with Gasteiger partial charge in [0.15, 0.2) is 0 Å². The van der Waals surface area contributed by atoms with Crippen LogP contribution in [0, 0.1) is 0 Å². The Bertz CT molecular complexity index is 1070. The second kappa shape index (κ2) is 10.8. The van der Waals surface area contributed by atoms with Gasteiger partial charge >= 0.3 is 0 Å². The summed E-state index contributed by atoms with van der Waals surface area (Å²) in [7, 11) is 1.69. The maximum atomic E-state index is 12.8. The van der Waals surface area contributed by atoms with Gasteiger partial charge in [0, 0.05) is 32.0 Å². The first-order valence-electron chi connectivity index (χ1n) is 12.1. The van der Waals surface area contributed by atoms with E-state index in [1.165, 1.54) is 5.56 Å². The molecule has 1 aliphatic heterocycles. The van der Waals surface area contributed by atoms with Crippen LogP contribution in [-0.2, 0) is 12.0 Å². The lowest BCUT2D eigenvalue weighted by Gasteiger charge is -2.41. The highest BCUT2D eigenvalue weighted by Gasteiger charge is 2.40. The number of aromatic nitrogens is 2. The van der Waals surface area contributed by atoms with Crippen molar-refractivity contribution in [2.24, 2.45) is 0 Å². The normalized spacial score (nSPS) is 15.6. The van der Waals surface area contributed by atoms with Crippen LogP contribution in [-0.4, -0.2) is 59.0 Å². The first-order valence-corrected chi connectivity index (χ1v) is 12.1. The molecule has 6 heteroatoms. The molecule has 34 heavy (non-hydrogen) atoms. The van der Waals surface area contributed by atoms with Crippen molar-refractivity contribution in [2.75, 3.05) is 33.3 Å². The Kier molecular flexibility index (Phi) is 7.58. The van der Waals surface area contributed by atoms with Gasteiger partial charge in [0.1, 0.15) is 11.6 Å². The fourth-order valence-electron chi connectivity index (χ4n) is 4.88. The molecule has 0 spiro atoms. The molecule has 0 saturated carbocycles. The number of piperidine rings is 1. The Morgan fingerprint density at radius 3 is 2.29 bits per heavy atom. The number of carbonyl (C=O) groups is 1. The van der Waals surface area contributed by atoms with E-state index in [0.717, 1.165) is 49.6 Å². The van der Waals surface area contributed by atoms with E-state index in [1.54, 1.807) is 24.4 Å². The molecule has 1 amide bonds. The summed E-state index contributed by atoms with van der Waals surface area (Å²) in [5.74, 6) is 1.58. The minimum Gasteiger partial charge on any atom is -0.497 e. The maximum absolute atomic E-state index is 12.8. The molecule has 0 aliphatic carbocycles. The van der Waals surface area contributed by atoms with Gasteiger partial charge in [-0.25, -0.2) is 9.97 Å². The van der Waals surface area contributed by atoms with Crippen molar-refractivity contribution in [1.29, 1.82) is 0 Å². The highest BCUT2D eigenvalue weighted by Crippen LogP contribution is 2.41. The Balaban J connectivity index is 1.62. The monoisotopic (exact) mass is 458 g/mol. The Morgan fingerprint density at radius 1 is 1.00 bits per heavy atom. The van der Waals surface area contributed by atoms with Crippen LogP contribution in [0.15, 0.2) is 67.0 Å². The molecule has 2 heterocycles. The maximum Gasteiger partial charge on any atom is 0.256 e. The molecule has 1 fully saturated rings. The molecule has 3 aromatic rings. The molecule has 0 unspecified atom stereocenters. The van der Waals surface area contributed by atoms with E-state index in [1.807, 2.05) is 26.0 Å². The van der Waals surface area contributed by atoms with Crippen molar-refractivity contribution in [3.8, 4) is 5.75 Å². The Morgan fingerprint density at radius 2 is 1.68 bits per heavy atom. The molecule has 6 nitrogen and oxygen atoms in total. The van der Waals surface area contributed by atoms with Crippen molar-refractivity contribution < 1.29 is 9.53 Å². The number of amides is 1. The summed E-state index contributed by atoms with van der Waals surface area (Å²) in [6.45, 7) is 8.12. The number of carbonyl (C=O) groups excluding carboxylic acids is 1. The quantitative estimate of drug-likeness (QED) is 0.496. The third-order valence-corrected chi connectivity index (χ3v) is 6.96. The molecular weight excluding hydrogens is 424 g/mol. The number of nitrogens with zero attached hydrogens (tertiary/aromatic N) is 4. The zero-order valence-electron chi connectivity index (χ0n) is 20.4. The lowest BCUT2D eigenvalue weighted by molar-refractivity contribution is 0.0772. The fraction of sp³-hybridized carbons (Fsp3) is 0.393. The smallest absolute Gasteiger partial charge is 0.256 e. The van der Waals surface area contributed by atoms with Crippen LogP contribution >= 0.6 is 0 Å². The molecule has 4 rings (SSSR count). The predicted molar refractivity (Wildman–Crippen MR) is 134 cm³/mol. The van der Waals surface area contributed by atoms with Crippen molar-refractivity contribution in [1.82, 2.24) is 19.8 Å². The van der Waals surface area contributed by atoms with E-state index in [9.17, 15) is 4.79 Å². The van der Waals surface area contributed by atoms with Crippen LogP contribution in [0.3, 0.4) is 0 Å². The van der Waals surface area contributed by atoms with Crippen molar-refractivity contribution >= 4 is 5.91 Å². The van der Waals surface area contributed by atoms with Gasteiger partial charge in [-0.1, -0.05) is 42.5 Å². The number of ether oxygens (including phenoxy) is 1. The van der Waals surface area contributed by atoms with E-state index >= 15 is 0 Å². The first-order chi connectivity index (χ1) is 16.6. The fourth-order valence-corrected chi connectivity index (χ4v) is 4.88. The molecule has 1 saturated heterocycles. The molecule has 178 valence electrons. The number of hydrogen-bond acceptors (Lipinski definition) is 5. The van der Waals surface area contributed by atoms with Crippen LogP contribution in [0.2, 0.25) is 0 Å². The molecule has 0 radical (unpaired) electrons. The standard InChI is InChI=1S/C28H34N4O2/c1-4-32(5-2)26(33)23-19-29-27(30-20-23)28(24-12-9-13-25(18-24)34-3)14-16-31(17-15-28)21-22-10-7-6-8-11-22/h6-13,18-20H,4-5,14-17,21H2,1-3H3. The van der Waals surface area contributed by atoms with Gasteiger partial charge in [0.25, 0.3) is 5.91 Å². The van der Waals surface area contributed by atoms with Gasteiger partial charge in [-0.3, -0.25) is 9.69 Å². The van der Waals surface area contributed by atoms with E-state index in [2.05, 4.69) is 47.4 Å². The van der Waals surface area contributed by atoms with E-state index in [4.69, 9.17) is 14.7 Å². The zero-order valence-corrected chi connectivity index (χ0v) is 20.4. The van der Waals surface area contributed by atoms with Crippen LogP contribution in [0.4, 0.5) is 0 Å². The van der Waals surface area contributed by atoms with Gasteiger partial charge in [-0.05, 0) is 63.0 Å². The van der Waals surface area contributed by atoms with E-state index in [-0.39, 0.29) is 11.3 Å². The van der Waals surface area contributed by atoms with Gasteiger partial charge in [0.2, 0.25) is 0 Å². The molecule has 1 aromatic heterocycles. The third kappa shape index (κ3) is 4.97. The van der Waals surface area contributed by atoms with Crippen LogP contribution in [0.5, 0.6) is 5.75 Å². The van der Waals surface area contributed by atoms with Gasteiger partial charge in [-0.2, -0.15) is 0 Å². The predicted octanol–water partition coefficient (Wildman–Crippen LogP) is 4.55. The molecule has 1 aliphatic rings. The second-order valence-corrected chi connectivity index (χ2v) is 8.85. The van der Waals surface area contributed by atoms with Crippen LogP contribution in [0.1, 0.15) is 54.0 Å². The lowest BCUT2D eigenvalue weighted by Crippen LogP contribution is -2.44. The third-order valence-electron chi connectivity index (χ3n) is 6.96. The first kappa shape index (κ1) is 23.9. The Labute approximate surface area is 202 Å². The molecular formula is C28H34N4O2. The molecule has 0 atom stereocenters. The molecule has 0 N–H and O–H groups in total. The van der Waals surface area contributed by atoms with E-state index in [0.29, 0.717) is 18.7 Å².